The van der Waals surface area contributed by atoms with Gasteiger partial charge in [0.1, 0.15) is 0 Å². The van der Waals surface area contributed by atoms with Crippen molar-refractivity contribution in [1.29, 1.82) is 0 Å². The van der Waals surface area contributed by atoms with Gasteiger partial charge in [0, 0.05) is 33.2 Å². The third kappa shape index (κ3) is 3.99. The number of hydrogen-bond donors (Lipinski definition) is 0. The maximum atomic E-state index is 13.5. The Morgan fingerprint density at radius 3 is 2.12 bits per heavy atom. The lowest BCUT2D eigenvalue weighted by molar-refractivity contribution is 0.436. The van der Waals surface area contributed by atoms with Gasteiger partial charge < -0.3 is 9.47 Å². The van der Waals surface area contributed by atoms with Gasteiger partial charge in [-0.05, 0) is 29.9 Å². The van der Waals surface area contributed by atoms with E-state index in [0.717, 1.165) is 37.6 Å². The highest BCUT2D eigenvalue weighted by Crippen LogP contribution is 2.27. The first-order valence-corrected chi connectivity index (χ1v) is 11.6. The summed E-state index contributed by atoms with van der Waals surface area (Å²) in [5.41, 5.74) is 2.80. The fraction of sp³-hybridized carbons (Fsp3) is 0.346. The van der Waals surface area contributed by atoms with Crippen LogP contribution < -0.4 is 16.1 Å². The van der Waals surface area contributed by atoms with Crippen molar-refractivity contribution < 1.29 is 0 Å². The fourth-order valence-electron chi connectivity index (χ4n) is 4.78. The topological polar surface area (TPSA) is 65.1 Å². The molecule has 33 heavy (non-hydrogen) atoms. The lowest BCUT2D eigenvalue weighted by Crippen LogP contribution is -2.41. The Morgan fingerprint density at radius 2 is 1.48 bits per heavy atom. The van der Waals surface area contributed by atoms with Gasteiger partial charge in [-0.15, -0.1) is 0 Å². The van der Waals surface area contributed by atoms with Crippen molar-refractivity contribution in [2.75, 3.05) is 18.0 Å². The predicted octanol–water partition coefficient (Wildman–Crippen LogP) is 2.84. The van der Waals surface area contributed by atoms with Crippen molar-refractivity contribution in [2.24, 2.45) is 13.0 Å². The molecule has 0 aliphatic carbocycles. The van der Waals surface area contributed by atoms with Crippen LogP contribution in [0.25, 0.3) is 11.2 Å². The highest BCUT2D eigenvalue weighted by atomic mass is 16.2. The van der Waals surface area contributed by atoms with E-state index in [9.17, 15) is 9.59 Å². The van der Waals surface area contributed by atoms with Crippen LogP contribution in [0.2, 0.25) is 0 Å². The second-order valence-electron chi connectivity index (χ2n) is 9.02. The summed E-state index contributed by atoms with van der Waals surface area (Å²) in [5.74, 6) is 1.16. The average molecular weight is 444 g/mol. The Balaban J connectivity index is 1.53. The Labute approximate surface area is 192 Å². The predicted molar refractivity (Wildman–Crippen MR) is 131 cm³/mol. The molecule has 0 bridgehead atoms. The number of anilines is 1. The van der Waals surface area contributed by atoms with E-state index in [0.29, 0.717) is 30.0 Å². The lowest BCUT2D eigenvalue weighted by atomic mass is 10.1. The first kappa shape index (κ1) is 21.2. The van der Waals surface area contributed by atoms with Crippen LogP contribution >= 0.6 is 0 Å². The number of fused-ring (bicyclic) bond motifs is 3. The highest BCUT2D eigenvalue weighted by molar-refractivity contribution is 5.75. The number of aromatic nitrogens is 4. The van der Waals surface area contributed by atoms with Gasteiger partial charge in [-0.2, -0.15) is 4.98 Å². The minimum Gasteiger partial charge on any atom is -0.342 e. The van der Waals surface area contributed by atoms with Crippen LogP contribution in [0.1, 0.15) is 18.1 Å². The van der Waals surface area contributed by atoms with Crippen molar-refractivity contribution in [3.63, 3.8) is 0 Å². The van der Waals surface area contributed by atoms with E-state index in [1.807, 2.05) is 41.0 Å². The van der Waals surface area contributed by atoms with Crippen molar-refractivity contribution in [1.82, 2.24) is 18.7 Å². The average Bonchev–Trinajstić information content (AvgIpc) is 3.22. The summed E-state index contributed by atoms with van der Waals surface area (Å²) in [4.78, 5) is 33.6. The molecule has 0 saturated carbocycles. The van der Waals surface area contributed by atoms with Crippen LogP contribution in [0.4, 0.5) is 5.95 Å². The van der Waals surface area contributed by atoms with Gasteiger partial charge in [-0.1, -0.05) is 67.6 Å². The van der Waals surface area contributed by atoms with E-state index in [4.69, 9.17) is 4.98 Å². The molecule has 0 saturated heterocycles. The largest absolute Gasteiger partial charge is 0.342 e. The number of nitrogens with zero attached hydrogens (tertiary/aromatic N) is 5. The molecule has 0 fully saturated rings. The van der Waals surface area contributed by atoms with Gasteiger partial charge >= 0.3 is 5.69 Å². The Kier molecular flexibility index (Phi) is 5.62. The van der Waals surface area contributed by atoms with Gasteiger partial charge in [0.2, 0.25) is 5.95 Å². The molecule has 170 valence electrons. The van der Waals surface area contributed by atoms with Gasteiger partial charge in [0.05, 0.1) is 0 Å². The van der Waals surface area contributed by atoms with Crippen LogP contribution in [-0.2, 0) is 33.0 Å². The quantitative estimate of drug-likeness (QED) is 0.460. The molecule has 0 N–H and O–H groups in total. The molecule has 0 amide bonds. The van der Waals surface area contributed by atoms with E-state index in [2.05, 4.69) is 36.1 Å². The summed E-state index contributed by atoms with van der Waals surface area (Å²) in [5, 5.41) is 0. The van der Waals surface area contributed by atoms with Gasteiger partial charge in [0.25, 0.3) is 5.56 Å². The van der Waals surface area contributed by atoms with E-state index in [-0.39, 0.29) is 11.2 Å². The van der Waals surface area contributed by atoms with E-state index in [1.165, 1.54) is 14.7 Å². The molecule has 2 aromatic heterocycles. The molecule has 0 radical (unpaired) electrons. The minimum atomic E-state index is -0.317. The lowest BCUT2D eigenvalue weighted by Gasteiger charge is -2.33. The molecule has 5 rings (SSSR count). The number of aryl methyl sites for hydroxylation is 2. The third-order valence-electron chi connectivity index (χ3n) is 6.50. The smallest absolute Gasteiger partial charge is 0.332 e. The first-order chi connectivity index (χ1) is 16.0. The molecule has 7 heteroatoms. The van der Waals surface area contributed by atoms with Gasteiger partial charge in [0.15, 0.2) is 11.2 Å². The molecule has 4 aromatic rings. The number of hydrogen-bond acceptors (Lipinski definition) is 4. The zero-order chi connectivity index (χ0) is 22.9. The molecule has 1 aliphatic heterocycles. The molecule has 0 spiro atoms. The second-order valence-corrected chi connectivity index (χ2v) is 9.02. The molecule has 2 aromatic carbocycles. The first-order valence-electron chi connectivity index (χ1n) is 11.6. The minimum absolute atomic E-state index is 0.250. The van der Waals surface area contributed by atoms with Crippen molar-refractivity contribution in [2.45, 2.75) is 32.9 Å². The van der Waals surface area contributed by atoms with Gasteiger partial charge in [-0.25, -0.2) is 4.79 Å². The van der Waals surface area contributed by atoms with Crippen LogP contribution in [-0.4, -0.2) is 31.8 Å². The molecule has 1 aliphatic rings. The Bertz CT molecular complexity index is 1390. The summed E-state index contributed by atoms with van der Waals surface area (Å²) >= 11 is 0. The van der Waals surface area contributed by atoms with E-state index >= 15 is 0 Å². The molecular formula is C26H29N5O2. The van der Waals surface area contributed by atoms with Crippen LogP contribution in [0.15, 0.2) is 70.3 Å². The van der Waals surface area contributed by atoms with Crippen LogP contribution in [0.5, 0.6) is 0 Å². The van der Waals surface area contributed by atoms with Crippen LogP contribution in [0.3, 0.4) is 0 Å². The van der Waals surface area contributed by atoms with E-state index < -0.39 is 0 Å². The summed E-state index contributed by atoms with van der Waals surface area (Å²) in [6.45, 7) is 4.96. The zero-order valence-electron chi connectivity index (χ0n) is 19.1. The number of benzene rings is 2. The summed E-state index contributed by atoms with van der Waals surface area (Å²) in [6, 6.07) is 20.3. The Hall–Kier alpha value is -3.61. The Morgan fingerprint density at radius 1 is 0.879 bits per heavy atom. The maximum Gasteiger partial charge on any atom is 0.332 e. The molecular weight excluding hydrogens is 414 g/mol. The van der Waals surface area contributed by atoms with Gasteiger partial charge in [-0.3, -0.25) is 13.9 Å². The zero-order valence-corrected chi connectivity index (χ0v) is 19.1. The van der Waals surface area contributed by atoms with Crippen LogP contribution in [0, 0.1) is 5.92 Å². The molecule has 3 heterocycles. The normalized spacial score (nSPS) is 15.7. The fourth-order valence-corrected chi connectivity index (χ4v) is 4.78. The SMILES string of the molecule is C[C@H]1CN(CCc2ccccc2)c2nc3c(c(=O)n(CCc4ccccc4)c(=O)n3C)n2C1. The van der Waals surface area contributed by atoms with Crippen molar-refractivity contribution in [3.8, 4) is 0 Å². The standard InChI is InChI=1S/C26H29N5O2/c1-19-17-29(15-13-20-9-5-3-6-10-20)25-27-23-22(31(25)18-19)24(32)30(26(33)28(23)2)16-14-21-11-7-4-8-12-21/h3-12,19H,13-18H2,1-2H3/t19-/m0/s1. The monoisotopic (exact) mass is 443 g/mol. The van der Waals surface area contributed by atoms with Crippen molar-refractivity contribution in [3.05, 3.63) is 92.6 Å². The van der Waals surface area contributed by atoms with Crippen molar-refractivity contribution >= 4 is 17.1 Å². The highest BCUT2D eigenvalue weighted by Gasteiger charge is 2.28. The molecule has 1 atom stereocenters. The summed E-state index contributed by atoms with van der Waals surface area (Å²) in [7, 11) is 1.71. The molecule has 0 unspecified atom stereocenters. The number of imidazole rings is 1. The van der Waals surface area contributed by atoms with E-state index in [1.54, 1.807) is 7.05 Å². The number of rotatable bonds is 6. The summed E-state index contributed by atoms with van der Waals surface area (Å²) in [6.07, 6.45) is 1.53. The summed E-state index contributed by atoms with van der Waals surface area (Å²) < 4.78 is 4.90. The third-order valence-corrected chi connectivity index (χ3v) is 6.50. The molecule has 7 nitrogen and oxygen atoms in total. The second kappa shape index (κ2) is 8.73. The maximum absolute atomic E-state index is 13.5.